The number of aromatic amines is 1. The number of hydrogen-bond acceptors (Lipinski definition) is 6. The molecule has 0 atom stereocenters. The van der Waals surface area contributed by atoms with Crippen LogP contribution in [0.25, 0.3) is 38.9 Å². The van der Waals surface area contributed by atoms with Crippen LogP contribution >= 0.6 is 0 Å². The Morgan fingerprint density at radius 1 is 0.975 bits per heavy atom. The second kappa shape index (κ2) is 9.68. The van der Waals surface area contributed by atoms with Crippen molar-refractivity contribution in [3.63, 3.8) is 0 Å². The molecule has 0 bridgehead atoms. The quantitative estimate of drug-likeness (QED) is 0.280. The van der Waals surface area contributed by atoms with E-state index in [9.17, 15) is 0 Å². The minimum Gasteiger partial charge on any atom is -0.356 e. The van der Waals surface area contributed by atoms with E-state index in [-0.39, 0.29) is 5.41 Å². The van der Waals surface area contributed by atoms with E-state index in [1.807, 2.05) is 24.7 Å². The Labute approximate surface area is 234 Å². The smallest absolute Gasteiger partial charge is 0.163 e. The maximum Gasteiger partial charge on any atom is 0.163 e. The lowest BCUT2D eigenvalue weighted by Crippen LogP contribution is -2.41. The molecule has 1 fully saturated rings. The van der Waals surface area contributed by atoms with Crippen molar-refractivity contribution in [3.05, 3.63) is 96.1 Å². The fraction of sp³-hybridized carbons (Fsp3) is 0.273. The Hall–Kier alpha value is -4.36. The summed E-state index contributed by atoms with van der Waals surface area (Å²) >= 11 is 0. The van der Waals surface area contributed by atoms with E-state index in [4.69, 9.17) is 9.97 Å². The number of rotatable bonds is 6. The molecule has 1 aliphatic carbocycles. The average molecular weight is 528 g/mol. The van der Waals surface area contributed by atoms with Gasteiger partial charge in [0.1, 0.15) is 11.5 Å². The Balaban J connectivity index is 1.40. The zero-order valence-corrected chi connectivity index (χ0v) is 23.1. The zero-order valence-electron chi connectivity index (χ0n) is 23.1. The Kier molecular flexibility index (Phi) is 5.97. The summed E-state index contributed by atoms with van der Waals surface area (Å²) in [5, 5.41) is 5.57. The van der Waals surface area contributed by atoms with Crippen molar-refractivity contribution >= 4 is 33.3 Å². The molecule has 2 aliphatic rings. The number of anilines is 1. The normalized spacial score (nSPS) is 15.8. The lowest BCUT2D eigenvalue weighted by Gasteiger charge is -2.33. The summed E-state index contributed by atoms with van der Waals surface area (Å²) in [6.07, 6.45) is 14.1. The molecule has 5 aromatic rings. The number of nitrogens with zero attached hydrogens (tertiary/aromatic N) is 5. The maximum atomic E-state index is 5.30. The van der Waals surface area contributed by atoms with E-state index in [1.54, 1.807) is 0 Å². The highest BCUT2D eigenvalue weighted by atomic mass is 15.2. The topological polar surface area (TPSA) is 82.6 Å². The van der Waals surface area contributed by atoms with Gasteiger partial charge in [0.15, 0.2) is 5.82 Å². The van der Waals surface area contributed by atoms with Crippen LogP contribution in [0.4, 0.5) is 5.82 Å². The Morgan fingerprint density at radius 2 is 1.77 bits per heavy atom. The number of nitrogens with one attached hydrogen (secondary N) is 2. The second-order valence-corrected chi connectivity index (χ2v) is 11.3. The SMILES string of the molecule is CN(c1nc(-c2ccnc3[nH]c(C(C)(C)c4ccccc4)cc23)nc2cncc(C3=CC=C3)c12)C1CCNCC1. The first-order chi connectivity index (χ1) is 19.5. The van der Waals surface area contributed by atoms with E-state index < -0.39 is 0 Å². The third-order valence-corrected chi connectivity index (χ3v) is 8.58. The van der Waals surface area contributed by atoms with Crippen molar-refractivity contribution in [1.82, 2.24) is 30.2 Å². The van der Waals surface area contributed by atoms with Gasteiger partial charge in [-0.05, 0) is 49.2 Å². The number of benzene rings is 1. The van der Waals surface area contributed by atoms with Crippen LogP contribution in [-0.4, -0.2) is 51.1 Å². The van der Waals surface area contributed by atoms with Gasteiger partial charge < -0.3 is 15.2 Å². The molecule has 5 heterocycles. The first-order valence-electron chi connectivity index (χ1n) is 14.0. The highest BCUT2D eigenvalue weighted by Crippen LogP contribution is 2.38. The average Bonchev–Trinajstić information content (AvgIpc) is 3.42. The minimum atomic E-state index is -0.216. The number of H-pyrrole nitrogens is 1. The molecule has 0 radical (unpaired) electrons. The van der Waals surface area contributed by atoms with Crippen LogP contribution in [0.3, 0.4) is 0 Å². The van der Waals surface area contributed by atoms with E-state index >= 15 is 0 Å². The molecule has 0 unspecified atom stereocenters. The van der Waals surface area contributed by atoms with E-state index in [0.717, 1.165) is 70.5 Å². The van der Waals surface area contributed by atoms with E-state index in [0.29, 0.717) is 11.9 Å². The predicted octanol–water partition coefficient (Wildman–Crippen LogP) is 6.04. The van der Waals surface area contributed by atoms with E-state index in [1.165, 1.54) is 11.1 Å². The zero-order chi connectivity index (χ0) is 27.3. The van der Waals surface area contributed by atoms with Gasteiger partial charge >= 0.3 is 0 Å². The largest absolute Gasteiger partial charge is 0.356 e. The fourth-order valence-electron chi connectivity index (χ4n) is 5.97. The minimum absolute atomic E-state index is 0.216. The van der Waals surface area contributed by atoms with Crippen LogP contribution in [0.1, 0.15) is 43.5 Å². The number of fused-ring (bicyclic) bond motifs is 2. The van der Waals surface area contributed by atoms with Crippen LogP contribution in [0.15, 0.2) is 79.3 Å². The van der Waals surface area contributed by atoms with Gasteiger partial charge in [0.05, 0.1) is 17.1 Å². The number of pyridine rings is 2. The summed E-state index contributed by atoms with van der Waals surface area (Å²) in [7, 11) is 2.18. The van der Waals surface area contributed by atoms with Gasteiger partial charge in [-0.2, -0.15) is 0 Å². The Bertz CT molecular complexity index is 1780. The maximum absolute atomic E-state index is 5.30. The third-order valence-electron chi connectivity index (χ3n) is 8.58. The highest BCUT2D eigenvalue weighted by Gasteiger charge is 2.28. The van der Waals surface area contributed by atoms with Crippen LogP contribution in [0.5, 0.6) is 0 Å². The van der Waals surface area contributed by atoms with Gasteiger partial charge in [0, 0.05) is 53.1 Å². The lowest BCUT2D eigenvalue weighted by atomic mass is 9.81. The number of aromatic nitrogens is 5. The molecular formula is C33H33N7. The lowest BCUT2D eigenvalue weighted by molar-refractivity contribution is 0.442. The molecule has 1 saturated heterocycles. The first kappa shape index (κ1) is 24.7. The highest BCUT2D eigenvalue weighted by molar-refractivity contribution is 6.03. The molecular weight excluding hydrogens is 494 g/mol. The molecule has 7 rings (SSSR count). The van der Waals surface area contributed by atoms with Crippen LogP contribution < -0.4 is 10.2 Å². The molecule has 0 spiro atoms. The monoisotopic (exact) mass is 527 g/mol. The number of hydrogen-bond donors (Lipinski definition) is 2. The van der Waals surface area contributed by atoms with Gasteiger partial charge in [-0.25, -0.2) is 15.0 Å². The van der Waals surface area contributed by atoms with Crippen molar-refractivity contribution in [2.24, 2.45) is 0 Å². The number of allylic oxidation sites excluding steroid dienone is 4. The van der Waals surface area contributed by atoms with Crippen LogP contribution in [0.2, 0.25) is 0 Å². The van der Waals surface area contributed by atoms with Gasteiger partial charge in [0.2, 0.25) is 0 Å². The van der Waals surface area contributed by atoms with Gasteiger partial charge in [-0.3, -0.25) is 4.98 Å². The number of piperidine rings is 1. The van der Waals surface area contributed by atoms with Gasteiger partial charge in [-0.15, -0.1) is 0 Å². The second-order valence-electron chi connectivity index (χ2n) is 11.3. The molecule has 0 saturated carbocycles. The van der Waals surface area contributed by atoms with Crippen molar-refractivity contribution in [3.8, 4) is 11.4 Å². The van der Waals surface area contributed by atoms with Gasteiger partial charge in [-0.1, -0.05) is 62.4 Å². The van der Waals surface area contributed by atoms with Crippen molar-refractivity contribution < 1.29 is 0 Å². The summed E-state index contributed by atoms with van der Waals surface area (Å²) in [4.78, 5) is 25.6. The Morgan fingerprint density at radius 3 is 2.52 bits per heavy atom. The van der Waals surface area contributed by atoms with E-state index in [2.05, 4.69) is 101 Å². The molecule has 7 nitrogen and oxygen atoms in total. The standard InChI is InChI=1S/C33H33N7/c1-33(2,22-10-5-4-6-11-22)28-18-25-24(14-17-36-30(25)38-28)31-37-27-20-35-19-26(21-8-7-9-21)29(27)32(39-31)40(3)23-12-15-34-16-13-23/h4-11,14,17-20,23,34H,12-13,15-16H2,1-3H3,(H,36,38). The predicted molar refractivity (Wildman–Crippen MR) is 162 cm³/mol. The molecule has 7 heteroatoms. The summed E-state index contributed by atoms with van der Waals surface area (Å²) in [5.41, 5.74) is 7.03. The molecule has 40 heavy (non-hydrogen) atoms. The van der Waals surface area contributed by atoms with Crippen LogP contribution in [-0.2, 0) is 5.41 Å². The van der Waals surface area contributed by atoms with Crippen molar-refractivity contribution in [1.29, 1.82) is 0 Å². The summed E-state index contributed by atoms with van der Waals surface area (Å²) < 4.78 is 0. The van der Waals surface area contributed by atoms with Crippen LogP contribution in [0, 0.1) is 0 Å². The molecule has 200 valence electrons. The summed E-state index contributed by atoms with van der Waals surface area (Å²) in [6.45, 7) is 6.51. The van der Waals surface area contributed by atoms with Crippen molar-refractivity contribution in [2.45, 2.75) is 38.1 Å². The third kappa shape index (κ3) is 4.09. The van der Waals surface area contributed by atoms with Crippen molar-refractivity contribution in [2.75, 3.05) is 25.0 Å². The summed E-state index contributed by atoms with van der Waals surface area (Å²) in [5.74, 6) is 1.65. The van der Waals surface area contributed by atoms with Gasteiger partial charge in [0.25, 0.3) is 0 Å². The molecule has 4 aromatic heterocycles. The molecule has 2 N–H and O–H groups in total. The molecule has 0 amide bonds. The fourth-order valence-corrected chi connectivity index (χ4v) is 5.97. The molecule has 1 aromatic carbocycles. The molecule has 1 aliphatic heterocycles. The summed E-state index contributed by atoms with van der Waals surface area (Å²) in [6, 6.07) is 15.2. The first-order valence-corrected chi connectivity index (χ1v) is 14.0.